The zero-order valence-corrected chi connectivity index (χ0v) is 9.09. The van der Waals surface area contributed by atoms with Crippen LogP contribution in [0.2, 0.25) is 0 Å². The van der Waals surface area contributed by atoms with Crippen LogP contribution in [0.1, 0.15) is 13.8 Å². The molecule has 0 radical (unpaired) electrons. The van der Waals surface area contributed by atoms with Gasteiger partial charge in [-0.1, -0.05) is 0 Å². The first-order valence-electron chi connectivity index (χ1n) is 3.78. The number of nitrogens with two attached hydrogens (primary N) is 1. The maximum atomic E-state index is 10.7. The molecule has 0 aromatic heterocycles. The molecule has 0 aromatic carbocycles. The molecule has 0 saturated carbocycles. The topological polar surface area (TPSA) is 87.8 Å². The highest BCUT2D eigenvalue weighted by molar-refractivity contribution is 7.87. The van der Waals surface area contributed by atoms with E-state index in [1.807, 2.05) is 13.8 Å². The summed E-state index contributed by atoms with van der Waals surface area (Å²) < 4.78 is 23.5. The Labute approximate surface area is 79.0 Å². The fraction of sp³-hybridized carbons (Fsp3) is 0.833. The molecular weight excluding hydrogens is 192 g/mol. The second kappa shape index (κ2) is 4.43. The van der Waals surface area contributed by atoms with Gasteiger partial charge in [-0.2, -0.15) is 8.42 Å². The second-order valence-electron chi connectivity index (χ2n) is 3.09. The Morgan fingerprint density at radius 1 is 1.46 bits per heavy atom. The van der Waals surface area contributed by atoms with Crippen LogP contribution in [-0.4, -0.2) is 39.4 Å². The highest BCUT2D eigenvalue weighted by Crippen LogP contribution is 1.89. The number of hydrogen-bond donors (Lipinski definition) is 2. The van der Waals surface area contributed by atoms with E-state index in [2.05, 4.69) is 9.71 Å². The van der Waals surface area contributed by atoms with Gasteiger partial charge in [-0.3, -0.25) is 0 Å². The van der Waals surface area contributed by atoms with Crippen LogP contribution < -0.4 is 9.86 Å². The van der Waals surface area contributed by atoms with Gasteiger partial charge in [-0.15, -0.1) is 0 Å². The van der Waals surface area contributed by atoms with E-state index in [-0.39, 0.29) is 12.0 Å². The molecule has 0 aliphatic rings. The van der Waals surface area contributed by atoms with E-state index in [1.54, 1.807) is 19.0 Å². The smallest absolute Gasteiger partial charge is 0.298 e. The molecule has 0 unspecified atom stereocenters. The molecule has 0 amide bonds. The van der Waals surface area contributed by atoms with Crippen LogP contribution in [0.15, 0.2) is 4.99 Å². The lowest BCUT2D eigenvalue weighted by atomic mass is 10.4. The molecule has 0 aliphatic carbocycles. The van der Waals surface area contributed by atoms with Crippen LogP contribution in [0.5, 0.6) is 0 Å². The van der Waals surface area contributed by atoms with Crippen LogP contribution >= 0.6 is 0 Å². The molecule has 0 spiro atoms. The van der Waals surface area contributed by atoms with E-state index in [1.165, 1.54) is 0 Å². The Hall–Kier alpha value is -0.820. The van der Waals surface area contributed by atoms with Crippen molar-refractivity contribution in [3.05, 3.63) is 0 Å². The Bertz CT molecular complexity index is 281. The first-order valence-corrected chi connectivity index (χ1v) is 5.32. The average molecular weight is 208 g/mol. The van der Waals surface area contributed by atoms with Crippen LogP contribution in [0, 0.1) is 0 Å². The van der Waals surface area contributed by atoms with E-state index in [0.717, 1.165) is 0 Å². The van der Waals surface area contributed by atoms with Gasteiger partial charge in [0.25, 0.3) is 10.2 Å². The Kier molecular flexibility index (Phi) is 4.15. The molecule has 0 rings (SSSR count). The molecule has 0 aromatic rings. The van der Waals surface area contributed by atoms with Crippen LogP contribution in [0.25, 0.3) is 0 Å². The van der Waals surface area contributed by atoms with Crippen molar-refractivity contribution in [3.8, 4) is 0 Å². The van der Waals surface area contributed by atoms with Crippen molar-refractivity contribution in [3.63, 3.8) is 0 Å². The van der Waals surface area contributed by atoms with Crippen molar-refractivity contribution < 1.29 is 8.42 Å². The highest BCUT2D eigenvalue weighted by Gasteiger charge is 2.08. The van der Waals surface area contributed by atoms with Crippen molar-refractivity contribution >= 4 is 16.2 Å². The third kappa shape index (κ3) is 6.35. The summed E-state index contributed by atoms with van der Waals surface area (Å²) in [5.74, 6) is 0.234. The molecular formula is C6H16N4O2S. The lowest BCUT2D eigenvalue weighted by molar-refractivity contribution is 0.570. The van der Waals surface area contributed by atoms with Gasteiger partial charge in [-0.25, -0.2) is 14.9 Å². The van der Waals surface area contributed by atoms with Gasteiger partial charge >= 0.3 is 0 Å². The van der Waals surface area contributed by atoms with Gasteiger partial charge in [0.2, 0.25) is 5.96 Å². The number of nitrogens with zero attached hydrogens (tertiary/aromatic N) is 2. The summed E-state index contributed by atoms with van der Waals surface area (Å²) in [4.78, 5) is 5.58. The normalized spacial score (nSPS) is 13.2. The van der Waals surface area contributed by atoms with Crippen molar-refractivity contribution in [1.82, 2.24) is 9.62 Å². The lowest BCUT2D eigenvalue weighted by Gasteiger charge is -2.16. The minimum atomic E-state index is -3.74. The molecule has 7 heteroatoms. The summed E-state index contributed by atoms with van der Waals surface area (Å²) in [6, 6.07) is 0.00616. The van der Waals surface area contributed by atoms with Gasteiger partial charge < -0.3 is 4.90 Å². The molecule has 3 N–H and O–H groups in total. The first-order chi connectivity index (χ1) is 5.72. The zero-order valence-electron chi connectivity index (χ0n) is 8.27. The summed E-state index contributed by atoms with van der Waals surface area (Å²) in [5, 5.41) is 4.80. The maximum absolute atomic E-state index is 10.7. The van der Waals surface area contributed by atoms with Crippen LogP contribution in [0.3, 0.4) is 0 Å². The molecule has 0 bridgehead atoms. The Balaban J connectivity index is 4.65. The third-order valence-electron chi connectivity index (χ3n) is 1.04. The predicted molar refractivity (Wildman–Crippen MR) is 52.5 cm³/mol. The summed E-state index contributed by atoms with van der Waals surface area (Å²) in [6.45, 7) is 3.68. The number of hydrogen-bond acceptors (Lipinski definition) is 3. The standard InChI is InChI=1S/C6H16N4O2S/c1-5(2)8-6(10(3)4)9-13(7,11)12/h5H,1-4H3,(H,8,9)(H2,7,11,12). The van der Waals surface area contributed by atoms with E-state index in [9.17, 15) is 8.42 Å². The number of nitrogens with one attached hydrogen (secondary N) is 1. The molecule has 0 atom stereocenters. The minimum Gasteiger partial charge on any atom is -0.348 e. The lowest BCUT2D eigenvalue weighted by Crippen LogP contribution is -2.43. The van der Waals surface area contributed by atoms with Gasteiger partial charge in [0, 0.05) is 20.1 Å². The Morgan fingerprint density at radius 3 is 2.15 bits per heavy atom. The number of rotatable bonds is 2. The van der Waals surface area contributed by atoms with Crippen LogP contribution in [0.4, 0.5) is 0 Å². The summed E-state index contributed by atoms with van der Waals surface area (Å²) in [6.07, 6.45) is 0. The second-order valence-corrected chi connectivity index (χ2v) is 4.38. The minimum absolute atomic E-state index is 0.00616. The number of aliphatic imine (C=N–C) groups is 1. The molecule has 0 heterocycles. The van der Waals surface area contributed by atoms with Crippen molar-refractivity contribution in [2.24, 2.45) is 10.1 Å². The molecule has 0 aliphatic heterocycles. The third-order valence-corrected chi connectivity index (χ3v) is 1.50. The van der Waals surface area contributed by atoms with Crippen LogP contribution in [-0.2, 0) is 10.2 Å². The van der Waals surface area contributed by atoms with E-state index in [0.29, 0.717) is 0 Å². The number of guanidine groups is 1. The molecule has 0 fully saturated rings. The molecule has 78 valence electrons. The average Bonchev–Trinajstić information content (AvgIpc) is 1.81. The Morgan fingerprint density at radius 2 is 1.92 bits per heavy atom. The van der Waals surface area contributed by atoms with Crippen molar-refractivity contribution in [1.29, 1.82) is 0 Å². The summed E-state index contributed by atoms with van der Waals surface area (Å²) in [7, 11) is -0.377. The molecule has 0 saturated heterocycles. The zero-order chi connectivity index (χ0) is 10.6. The SMILES string of the molecule is CC(C)N=C(NS(N)(=O)=O)N(C)C. The summed E-state index contributed by atoms with van der Waals surface area (Å²) >= 11 is 0. The van der Waals surface area contributed by atoms with Gasteiger partial charge in [0.15, 0.2) is 0 Å². The predicted octanol–water partition coefficient (Wildman–Crippen LogP) is -0.894. The summed E-state index contributed by atoms with van der Waals surface area (Å²) in [5.41, 5.74) is 0. The monoisotopic (exact) mass is 208 g/mol. The van der Waals surface area contributed by atoms with E-state index < -0.39 is 10.2 Å². The van der Waals surface area contributed by atoms with Gasteiger partial charge in [0.1, 0.15) is 0 Å². The molecule has 6 nitrogen and oxygen atoms in total. The fourth-order valence-electron chi connectivity index (χ4n) is 0.605. The quantitative estimate of drug-likeness (QED) is 0.455. The molecule has 13 heavy (non-hydrogen) atoms. The largest absolute Gasteiger partial charge is 0.348 e. The van der Waals surface area contributed by atoms with Crippen molar-refractivity contribution in [2.75, 3.05) is 14.1 Å². The van der Waals surface area contributed by atoms with Gasteiger partial charge in [0.05, 0.1) is 0 Å². The highest BCUT2D eigenvalue weighted by atomic mass is 32.2. The van der Waals surface area contributed by atoms with E-state index in [4.69, 9.17) is 5.14 Å². The first kappa shape index (κ1) is 12.2. The maximum Gasteiger partial charge on any atom is 0.298 e. The van der Waals surface area contributed by atoms with E-state index >= 15 is 0 Å². The fourth-order valence-corrected chi connectivity index (χ4v) is 1.09. The van der Waals surface area contributed by atoms with Crippen molar-refractivity contribution in [2.45, 2.75) is 19.9 Å². The van der Waals surface area contributed by atoms with Gasteiger partial charge in [-0.05, 0) is 13.8 Å².